The van der Waals surface area contributed by atoms with Gasteiger partial charge < -0.3 is 10.6 Å². The predicted molar refractivity (Wildman–Crippen MR) is 69.1 cm³/mol. The molecule has 2 N–H and O–H groups in total. The lowest BCUT2D eigenvalue weighted by atomic mass is 10.2. The number of nitriles is 1. The third kappa shape index (κ3) is 3.48. The van der Waals surface area contributed by atoms with Crippen LogP contribution in [0.4, 0.5) is 5.82 Å². The largest absolute Gasteiger partial charge is 0.369 e. The summed E-state index contributed by atoms with van der Waals surface area (Å²) in [5, 5.41) is 19.1. The van der Waals surface area contributed by atoms with Crippen molar-refractivity contribution < 1.29 is 4.79 Å². The van der Waals surface area contributed by atoms with Gasteiger partial charge in [0.25, 0.3) is 0 Å². The van der Waals surface area contributed by atoms with Crippen LogP contribution in [0.1, 0.15) is 31.0 Å². The second-order valence-corrected chi connectivity index (χ2v) is 4.07. The Bertz CT molecular complexity index is 458. The van der Waals surface area contributed by atoms with E-state index in [9.17, 15) is 4.79 Å². The van der Waals surface area contributed by atoms with Crippen molar-refractivity contribution >= 4 is 11.7 Å². The third-order valence-electron chi connectivity index (χ3n) is 2.55. The number of amides is 1. The highest BCUT2D eigenvalue weighted by atomic mass is 16.1. The summed E-state index contributed by atoms with van der Waals surface area (Å²) in [6, 6.07) is 2.11. The Hall–Kier alpha value is -2.03. The van der Waals surface area contributed by atoms with E-state index in [1.807, 2.05) is 6.92 Å². The van der Waals surface area contributed by atoms with Crippen LogP contribution in [0.2, 0.25) is 0 Å². The van der Waals surface area contributed by atoms with Gasteiger partial charge in [-0.3, -0.25) is 9.48 Å². The highest BCUT2D eigenvalue weighted by Gasteiger charge is 2.12. The predicted octanol–water partition coefficient (Wildman–Crippen LogP) is 0.928. The number of aryl methyl sites for hydroxylation is 2. The van der Waals surface area contributed by atoms with Crippen LogP contribution in [0.25, 0.3) is 0 Å². The van der Waals surface area contributed by atoms with Crippen molar-refractivity contribution in [2.24, 2.45) is 7.05 Å². The Morgan fingerprint density at radius 2 is 2.22 bits per heavy atom. The Labute approximate surface area is 107 Å². The summed E-state index contributed by atoms with van der Waals surface area (Å²) in [6.45, 7) is 4.99. The van der Waals surface area contributed by atoms with Crippen LogP contribution in [0.5, 0.6) is 0 Å². The van der Waals surface area contributed by atoms with E-state index in [0.29, 0.717) is 36.6 Å². The molecule has 18 heavy (non-hydrogen) atoms. The van der Waals surface area contributed by atoms with Crippen molar-refractivity contribution in [1.82, 2.24) is 15.1 Å². The van der Waals surface area contributed by atoms with Gasteiger partial charge in [0.05, 0.1) is 5.69 Å². The molecule has 1 aromatic rings. The summed E-state index contributed by atoms with van der Waals surface area (Å²) in [7, 11) is 1.77. The number of carbonyl (C=O) groups excluding carboxylic acids is 1. The van der Waals surface area contributed by atoms with Gasteiger partial charge >= 0.3 is 0 Å². The van der Waals surface area contributed by atoms with Crippen LogP contribution in [-0.4, -0.2) is 28.8 Å². The number of hydrogen-bond acceptors (Lipinski definition) is 4. The molecule has 0 aliphatic rings. The first kappa shape index (κ1) is 14.0. The molecule has 0 atom stereocenters. The number of nitrogens with zero attached hydrogens (tertiary/aromatic N) is 3. The maximum atomic E-state index is 11.4. The van der Waals surface area contributed by atoms with Crippen LogP contribution >= 0.6 is 0 Å². The zero-order valence-electron chi connectivity index (χ0n) is 11.1. The van der Waals surface area contributed by atoms with E-state index < -0.39 is 0 Å². The fraction of sp³-hybridized carbons (Fsp3) is 0.583. The maximum Gasteiger partial charge on any atom is 0.221 e. The van der Waals surface area contributed by atoms with Crippen LogP contribution in [0.3, 0.4) is 0 Å². The Morgan fingerprint density at radius 1 is 1.50 bits per heavy atom. The number of hydrogen-bond donors (Lipinski definition) is 2. The van der Waals surface area contributed by atoms with E-state index in [1.165, 1.54) is 0 Å². The summed E-state index contributed by atoms with van der Waals surface area (Å²) < 4.78 is 1.62. The van der Waals surface area contributed by atoms with Gasteiger partial charge in [0.15, 0.2) is 0 Å². The molecule has 1 rings (SSSR count). The van der Waals surface area contributed by atoms with Crippen LogP contribution in [-0.2, 0) is 11.8 Å². The van der Waals surface area contributed by atoms with E-state index >= 15 is 0 Å². The van der Waals surface area contributed by atoms with Gasteiger partial charge in [-0.15, -0.1) is 0 Å². The summed E-state index contributed by atoms with van der Waals surface area (Å²) >= 11 is 0. The zero-order chi connectivity index (χ0) is 13.5. The van der Waals surface area contributed by atoms with Gasteiger partial charge in [-0.2, -0.15) is 10.4 Å². The molecular weight excluding hydrogens is 230 g/mol. The molecule has 0 aliphatic carbocycles. The molecule has 1 amide bonds. The van der Waals surface area contributed by atoms with Crippen LogP contribution in [0, 0.1) is 18.3 Å². The van der Waals surface area contributed by atoms with E-state index in [1.54, 1.807) is 18.7 Å². The number of rotatable bonds is 6. The minimum Gasteiger partial charge on any atom is -0.369 e. The van der Waals surface area contributed by atoms with E-state index in [-0.39, 0.29) is 5.91 Å². The number of nitrogens with one attached hydrogen (secondary N) is 2. The average molecular weight is 249 g/mol. The van der Waals surface area contributed by atoms with Gasteiger partial charge in [0.2, 0.25) is 5.91 Å². The molecule has 0 fully saturated rings. The Morgan fingerprint density at radius 3 is 2.83 bits per heavy atom. The fourth-order valence-corrected chi connectivity index (χ4v) is 1.64. The molecule has 6 nitrogen and oxygen atoms in total. The first-order valence-corrected chi connectivity index (χ1v) is 6.04. The van der Waals surface area contributed by atoms with Gasteiger partial charge in [-0.1, -0.05) is 6.92 Å². The summed E-state index contributed by atoms with van der Waals surface area (Å²) in [5.74, 6) is 0.681. The van der Waals surface area contributed by atoms with Crippen LogP contribution < -0.4 is 10.6 Å². The minimum absolute atomic E-state index is 0.0155. The lowest BCUT2D eigenvalue weighted by molar-refractivity contribution is -0.120. The quantitative estimate of drug-likeness (QED) is 0.785. The van der Waals surface area contributed by atoms with E-state index in [2.05, 4.69) is 21.8 Å². The van der Waals surface area contributed by atoms with Crippen molar-refractivity contribution in [1.29, 1.82) is 5.26 Å². The zero-order valence-corrected chi connectivity index (χ0v) is 11.1. The summed E-state index contributed by atoms with van der Waals surface area (Å²) in [5.41, 5.74) is 1.23. The molecular formula is C12H19N5O. The number of anilines is 1. The van der Waals surface area contributed by atoms with Crippen molar-refractivity contribution in [2.45, 2.75) is 26.7 Å². The monoisotopic (exact) mass is 249 g/mol. The highest BCUT2D eigenvalue weighted by Crippen LogP contribution is 2.16. The molecule has 0 bridgehead atoms. The molecule has 0 saturated carbocycles. The van der Waals surface area contributed by atoms with Gasteiger partial charge in [-0.25, -0.2) is 0 Å². The maximum absolute atomic E-state index is 11.4. The molecule has 98 valence electrons. The number of aromatic nitrogens is 2. The molecule has 0 saturated heterocycles. The topological polar surface area (TPSA) is 82.7 Å². The van der Waals surface area contributed by atoms with Gasteiger partial charge in [0.1, 0.15) is 17.5 Å². The second kappa shape index (κ2) is 6.64. The molecule has 0 aromatic carbocycles. The standard InChI is InChI=1S/C12H19N5O/c1-4-6-14-11(18)5-7-15-12-10(8-13)9(2)16-17(12)3/h15H,4-7H2,1-3H3,(H,14,18). The fourth-order valence-electron chi connectivity index (χ4n) is 1.64. The lowest BCUT2D eigenvalue weighted by Gasteiger charge is -2.07. The van der Waals surface area contributed by atoms with Gasteiger partial charge in [-0.05, 0) is 13.3 Å². The molecule has 1 heterocycles. The summed E-state index contributed by atoms with van der Waals surface area (Å²) in [4.78, 5) is 11.4. The van der Waals surface area contributed by atoms with E-state index in [4.69, 9.17) is 5.26 Å². The second-order valence-electron chi connectivity index (χ2n) is 4.07. The Balaban J connectivity index is 2.50. The van der Waals surface area contributed by atoms with Gasteiger partial charge in [0, 0.05) is 26.6 Å². The smallest absolute Gasteiger partial charge is 0.221 e. The lowest BCUT2D eigenvalue weighted by Crippen LogP contribution is -2.26. The molecule has 0 aliphatic heterocycles. The molecule has 0 spiro atoms. The van der Waals surface area contributed by atoms with Crippen molar-refractivity contribution in [3.63, 3.8) is 0 Å². The molecule has 1 aromatic heterocycles. The number of carbonyl (C=O) groups is 1. The third-order valence-corrected chi connectivity index (χ3v) is 2.55. The molecule has 6 heteroatoms. The summed E-state index contributed by atoms with van der Waals surface area (Å²) in [6.07, 6.45) is 1.31. The SMILES string of the molecule is CCCNC(=O)CCNc1c(C#N)c(C)nn1C. The highest BCUT2D eigenvalue weighted by molar-refractivity contribution is 5.76. The normalized spacial score (nSPS) is 9.89. The van der Waals surface area contributed by atoms with E-state index in [0.717, 1.165) is 6.42 Å². The van der Waals surface area contributed by atoms with Crippen LogP contribution in [0.15, 0.2) is 0 Å². The average Bonchev–Trinajstić information content (AvgIpc) is 2.61. The minimum atomic E-state index is 0.0155. The molecule has 0 unspecified atom stereocenters. The van der Waals surface area contributed by atoms with Crippen molar-refractivity contribution in [2.75, 3.05) is 18.4 Å². The first-order valence-electron chi connectivity index (χ1n) is 6.04. The Kier molecular flexibility index (Phi) is 5.18. The van der Waals surface area contributed by atoms with Crippen molar-refractivity contribution in [3.8, 4) is 6.07 Å². The van der Waals surface area contributed by atoms with Crippen molar-refractivity contribution in [3.05, 3.63) is 11.3 Å². The molecule has 0 radical (unpaired) electrons. The first-order chi connectivity index (χ1) is 8.60.